The average molecular weight is 268 g/mol. The van der Waals surface area contributed by atoms with Crippen LogP contribution in [0, 0.1) is 13.8 Å². The molecule has 0 unspecified atom stereocenters. The van der Waals surface area contributed by atoms with Gasteiger partial charge in [0.2, 0.25) is 5.82 Å². The van der Waals surface area contributed by atoms with E-state index in [4.69, 9.17) is 4.52 Å². The predicted octanol–water partition coefficient (Wildman–Crippen LogP) is 2.10. The Labute approximate surface area is 114 Å². The molecule has 100 valence electrons. The molecule has 0 aliphatic heterocycles. The first-order valence-electron chi connectivity index (χ1n) is 6.10. The minimum absolute atomic E-state index is 0.161. The highest BCUT2D eigenvalue weighted by molar-refractivity contribution is 5.58. The molecule has 0 fully saturated rings. The lowest BCUT2D eigenvalue weighted by atomic mass is 10.1. The second kappa shape index (κ2) is 4.73. The van der Waals surface area contributed by atoms with Crippen molar-refractivity contribution in [2.75, 3.05) is 0 Å². The zero-order valence-corrected chi connectivity index (χ0v) is 11.0. The van der Waals surface area contributed by atoms with Crippen LogP contribution >= 0.6 is 0 Å². The van der Waals surface area contributed by atoms with Crippen LogP contribution in [0.2, 0.25) is 0 Å². The van der Waals surface area contributed by atoms with Crippen LogP contribution in [0.5, 0.6) is 0 Å². The fourth-order valence-electron chi connectivity index (χ4n) is 1.79. The highest BCUT2D eigenvalue weighted by Gasteiger charge is 2.14. The van der Waals surface area contributed by atoms with Crippen LogP contribution in [0.15, 0.2) is 39.8 Å². The Bertz CT molecular complexity index is 803. The van der Waals surface area contributed by atoms with Gasteiger partial charge in [-0.2, -0.15) is 4.98 Å². The van der Waals surface area contributed by atoms with Gasteiger partial charge in [-0.15, -0.1) is 0 Å². The number of hydrogen-bond acceptors (Lipinski definition) is 5. The lowest BCUT2D eigenvalue weighted by molar-refractivity contribution is 0.431. The minimum atomic E-state index is -0.295. The van der Waals surface area contributed by atoms with Crippen LogP contribution in [-0.2, 0) is 0 Å². The second-order valence-corrected chi connectivity index (χ2v) is 4.50. The maximum Gasteiger partial charge on any atom is 0.265 e. The summed E-state index contributed by atoms with van der Waals surface area (Å²) in [5, 5.41) is 3.89. The van der Waals surface area contributed by atoms with Crippen LogP contribution in [0.3, 0.4) is 0 Å². The Morgan fingerprint density at radius 3 is 2.60 bits per heavy atom. The Balaban J connectivity index is 2.02. The van der Waals surface area contributed by atoms with Gasteiger partial charge in [-0.3, -0.25) is 4.79 Å². The van der Waals surface area contributed by atoms with Crippen LogP contribution in [-0.4, -0.2) is 20.1 Å². The maximum absolute atomic E-state index is 11.8. The van der Waals surface area contributed by atoms with Crippen molar-refractivity contribution in [1.82, 2.24) is 20.1 Å². The fourth-order valence-corrected chi connectivity index (χ4v) is 1.79. The van der Waals surface area contributed by atoms with Gasteiger partial charge in [0.05, 0.1) is 0 Å². The highest BCUT2D eigenvalue weighted by atomic mass is 16.5. The highest BCUT2D eigenvalue weighted by Crippen LogP contribution is 2.19. The second-order valence-electron chi connectivity index (χ2n) is 4.50. The first-order chi connectivity index (χ1) is 9.63. The number of rotatable bonds is 2. The number of aromatic amines is 1. The molecule has 0 aliphatic rings. The summed E-state index contributed by atoms with van der Waals surface area (Å²) in [6, 6.07) is 7.74. The van der Waals surface area contributed by atoms with Crippen molar-refractivity contribution in [3.05, 3.63) is 52.2 Å². The Morgan fingerprint density at radius 2 is 1.90 bits per heavy atom. The molecule has 3 rings (SSSR count). The summed E-state index contributed by atoms with van der Waals surface area (Å²) in [6.07, 6.45) is 1.43. The number of aryl methyl sites for hydroxylation is 2. The number of benzene rings is 1. The van der Waals surface area contributed by atoms with Crippen LogP contribution < -0.4 is 5.56 Å². The molecule has 2 aromatic heterocycles. The molecule has 0 amide bonds. The van der Waals surface area contributed by atoms with Gasteiger partial charge in [-0.1, -0.05) is 35.0 Å². The first-order valence-corrected chi connectivity index (χ1v) is 6.10. The van der Waals surface area contributed by atoms with Crippen molar-refractivity contribution in [2.45, 2.75) is 13.8 Å². The molecular formula is C14H12N4O2. The molecule has 3 aromatic rings. The number of nitrogens with zero attached hydrogens (tertiary/aromatic N) is 3. The summed E-state index contributed by atoms with van der Waals surface area (Å²) in [4.78, 5) is 22.7. The van der Waals surface area contributed by atoms with Gasteiger partial charge in [0.1, 0.15) is 11.4 Å². The molecule has 0 saturated carbocycles. The van der Waals surface area contributed by atoms with Crippen molar-refractivity contribution >= 4 is 0 Å². The smallest absolute Gasteiger partial charge is 0.265 e. The molecule has 0 saturated heterocycles. The number of H-pyrrole nitrogens is 1. The zero-order valence-electron chi connectivity index (χ0n) is 11.0. The van der Waals surface area contributed by atoms with Crippen LogP contribution in [0.1, 0.15) is 11.4 Å². The minimum Gasteiger partial charge on any atom is -0.333 e. The Morgan fingerprint density at radius 1 is 1.15 bits per heavy atom. The van der Waals surface area contributed by atoms with E-state index in [1.165, 1.54) is 6.20 Å². The van der Waals surface area contributed by atoms with Gasteiger partial charge in [-0.05, 0) is 13.8 Å². The van der Waals surface area contributed by atoms with Crippen molar-refractivity contribution in [1.29, 1.82) is 0 Å². The topological polar surface area (TPSA) is 84.7 Å². The third-order valence-corrected chi connectivity index (χ3v) is 2.89. The summed E-state index contributed by atoms with van der Waals surface area (Å²) in [5.41, 5.74) is 1.96. The van der Waals surface area contributed by atoms with Crippen molar-refractivity contribution in [2.24, 2.45) is 0 Å². The van der Waals surface area contributed by atoms with Crippen molar-refractivity contribution in [3.63, 3.8) is 0 Å². The van der Waals surface area contributed by atoms with Gasteiger partial charge in [-0.25, -0.2) is 4.98 Å². The summed E-state index contributed by atoms with van der Waals surface area (Å²) in [5.74, 6) is 1.14. The molecule has 1 aromatic carbocycles. The third kappa shape index (κ3) is 2.23. The normalized spacial score (nSPS) is 10.7. The molecule has 6 heteroatoms. The number of hydrogen-bond donors (Lipinski definition) is 1. The molecule has 0 aliphatic carbocycles. The monoisotopic (exact) mass is 268 g/mol. The van der Waals surface area contributed by atoms with E-state index in [0.717, 1.165) is 11.1 Å². The number of nitrogens with one attached hydrogen (secondary N) is 1. The van der Waals surface area contributed by atoms with E-state index in [-0.39, 0.29) is 17.0 Å². The molecule has 0 bridgehead atoms. The molecule has 0 atom stereocenters. The summed E-state index contributed by atoms with van der Waals surface area (Å²) >= 11 is 0. The quantitative estimate of drug-likeness (QED) is 0.769. The standard InChI is InChI=1S/C14H12N4O2/c1-8-3-5-10(6-4-8)12-17-14(20-18-12)11-7-15-9(2)16-13(11)19/h3-7H,1-2H3,(H,15,16,19). The maximum atomic E-state index is 11.8. The van der Waals surface area contributed by atoms with E-state index in [1.807, 2.05) is 31.2 Å². The van der Waals surface area contributed by atoms with Gasteiger partial charge in [0.15, 0.2) is 0 Å². The van der Waals surface area contributed by atoms with Gasteiger partial charge >= 0.3 is 0 Å². The molecule has 0 radical (unpaired) electrons. The summed E-state index contributed by atoms with van der Waals surface area (Å²) < 4.78 is 5.13. The van der Waals surface area contributed by atoms with E-state index < -0.39 is 0 Å². The van der Waals surface area contributed by atoms with Crippen LogP contribution in [0.25, 0.3) is 22.8 Å². The van der Waals surface area contributed by atoms with E-state index >= 15 is 0 Å². The Kier molecular flexibility index (Phi) is 2.90. The average Bonchev–Trinajstić information content (AvgIpc) is 2.89. The summed E-state index contributed by atoms with van der Waals surface area (Å²) in [6.45, 7) is 3.71. The lowest BCUT2D eigenvalue weighted by Crippen LogP contribution is -2.11. The van der Waals surface area contributed by atoms with E-state index in [2.05, 4.69) is 20.1 Å². The fraction of sp³-hybridized carbons (Fsp3) is 0.143. The van der Waals surface area contributed by atoms with E-state index in [9.17, 15) is 4.79 Å². The van der Waals surface area contributed by atoms with Crippen LogP contribution in [0.4, 0.5) is 0 Å². The number of aromatic nitrogens is 4. The summed E-state index contributed by atoms with van der Waals surface area (Å²) in [7, 11) is 0. The van der Waals surface area contributed by atoms with Gasteiger partial charge in [0.25, 0.3) is 11.4 Å². The predicted molar refractivity (Wildman–Crippen MR) is 73.1 cm³/mol. The first kappa shape index (κ1) is 12.3. The molecule has 0 spiro atoms. The zero-order chi connectivity index (χ0) is 14.1. The van der Waals surface area contributed by atoms with Crippen molar-refractivity contribution < 1.29 is 4.52 Å². The molecule has 20 heavy (non-hydrogen) atoms. The largest absolute Gasteiger partial charge is 0.333 e. The lowest BCUT2D eigenvalue weighted by Gasteiger charge is -1.95. The van der Waals surface area contributed by atoms with E-state index in [1.54, 1.807) is 6.92 Å². The van der Waals surface area contributed by atoms with Gasteiger partial charge in [0, 0.05) is 11.8 Å². The SMILES string of the molecule is Cc1ccc(-c2noc(-c3cnc(C)[nH]c3=O)n2)cc1. The third-order valence-electron chi connectivity index (χ3n) is 2.89. The molecular weight excluding hydrogens is 256 g/mol. The molecule has 6 nitrogen and oxygen atoms in total. The molecule has 2 heterocycles. The Hall–Kier alpha value is -2.76. The molecule has 1 N–H and O–H groups in total. The van der Waals surface area contributed by atoms with Gasteiger partial charge < -0.3 is 9.51 Å². The van der Waals surface area contributed by atoms with Crippen molar-refractivity contribution in [3.8, 4) is 22.8 Å². The van der Waals surface area contributed by atoms with E-state index in [0.29, 0.717) is 11.6 Å².